The molecule has 0 amide bonds. The average molecular weight is 571 g/mol. The summed E-state index contributed by atoms with van der Waals surface area (Å²) in [5.41, 5.74) is -0.529. The van der Waals surface area contributed by atoms with Gasteiger partial charge in [0.2, 0.25) is 5.24 Å². The van der Waals surface area contributed by atoms with Crippen LogP contribution in [0.1, 0.15) is 106 Å². The van der Waals surface area contributed by atoms with Crippen LogP contribution >= 0.6 is 11.6 Å². The van der Waals surface area contributed by atoms with Crippen molar-refractivity contribution in [3.63, 3.8) is 0 Å². The zero-order chi connectivity index (χ0) is 28.5. The van der Waals surface area contributed by atoms with Gasteiger partial charge in [0.25, 0.3) is 0 Å². The lowest BCUT2D eigenvalue weighted by Gasteiger charge is -2.50. The molecule has 0 aromatic heterocycles. The van der Waals surface area contributed by atoms with E-state index < -0.39 is 13.7 Å². The van der Waals surface area contributed by atoms with Gasteiger partial charge in [-0.25, -0.2) is 0 Å². The van der Waals surface area contributed by atoms with Crippen molar-refractivity contribution >= 4 is 31.1 Å². The van der Waals surface area contributed by atoms with E-state index in [1.807, 2.05) is 20.8 Å². The minimum Gasteiger partial charge on any atom is -0.462 e. The third-order valence-electron chi connectivity index (χ3n) is 10.7. The van der Waals surface area contributed by atoms with Crippen molar-refractivity contribution in [3.05, 3.63) is 0 Å². The fourth-order valence-electron chi connectivity index (χ4n) is 6.72. The molecule has 0 spiro atoms. The number of hydrogen-bond donors (Lipinski definition) is 0. The van der Waals surface area contributed by atoms with Gasteiger partial charge < -0.3 is 13.9 Å². The Hall–Kier alpha value is -0.433. The molecular formula is C31H55ClO5Si. The number of carbonyl (C=O) groups is 2. The Kier molecular flexibility index (Phi) is 10.6. The van der Waals surface area contributed by atoms with Crippen molar-refractivity contribution in [2.24, 2.45) is 35.0 Å². The standard InChI is InChI=1S/C31H55ClO5Si/c1-10-31(6,7)29(34)36-26-18-22(28(32)33)17-21-12-11-20(2)25(27(21)26)14-13-23-19-24(15-16-35-23)37-38(8,9)30(3,4)5/h20-27H,10-19H2,1-9H3/t20-,21-,22-,23+,24+,25-,26-,27?/m0/s1. The van der Waals surface area contributed by atoms with Gasteiger partial charge in [-0.05, 0) is 113 Å². The zero-order valence-electron chi connectivity index (χ0n) is 25.6. The molecule has 0 bridgehead atoms. The second kappa shape index (κ2) is 12.6. The molecule has 1 aliphatic heterocycles. The normalized spacial score (nSPS) is 34.9. The summed E-state index contributed by atoms with van der Waals surface area (Å²) in [7, 11) is -1.81. The molecule has 5 nitrogen and oxygen atoms in total. The number of fused-ring (bicyclic) bond motifs is 1. The van der Waals surface area contributed by atoms with E-state index in [1.54, 1.807) is 0 Å². The molecule has 1 heterocycles. The first-order valence-electron chi connectivity index (χ1n) is 15.3. The third-order valence-corrected chi connectivity index (χ3v) is 15.6. The lowest BCUT2D eigenvalue weighted by atomic mass is 9.58. The topological polar surface area (TPSA) is 61.8 Å². The van der Waals surface area contributed by atoms with E-state index in [2.05, 4.69) is 40.8 Å². The Morgan fingerprint density at radius 1 is 1.00 bits per heavy atom. The Morgan fingerprint density at radius 3 is 2.29 bits per heavy atom. The molecule has 3 aliphatic rings. The first-order chi connectivity index (χ1) is 17.6. The second-order valence-corrected chi connectivity index (χ2v) is 19.9. The molecule has 0 N–H and O–H groups in total. The summed E-state index contributed by atoms with van der Waals surface area (Å²) < 4.78 is 19.3. The van der Waals surface area contributed by atoms with Gasteiger partial charge in [-0.2, -0.15) is 0 Å². The van der Waals surface area contributed by atoms with Gasteiger partial charge in [-0.15, -0.1) is 0 Å². The molecule has 3 fully saturated rings. The Labute approximate surface area is 238 Å². The van der Waals surface area contributed by atoms with Crippen molar-refractivity contribution in [3.8, 4) is 0 Å². The van der Waals surface area contributed by atoms with Gasteiger partial charge in [0.15, 0.2) is 8.32 Å². The van der Waals surface area contributed by atoms with Crippen molar-refractivity contribution in [2.45, 2.75) is 143 Å². The van der Waals surface area contributed by atoms with Crippen molar-refractivity contribution in [1.29, 1.82) is 0 Å². The predicted molar refractivity (Wildman–Crippen MR) is 157 cm³/mol. The summed E-state index contributed by atoms with van der Waals surface area (Å²) in [6.45, 7) is 20.6. The highest BCUT2D eigenvalue weighted by Crippen LogP contribution is 2.51. The smallest absolute Gasteiger partial charge is 0.311 e. The molecule has 3 rings (SSSR count). The van der Waals surface area contributed by atoms with E-state index in [4.69, 9.17) is 25.5 Å². The Morgan fingerprint density at radius 2 is 1.68 bits per heavy atom. The number of ether oxygens (including phenoxy) is 2. The van der Waals surface area contributed by atoms with Gasteiger partial charge in [-0.1, -0.05) is 41.0 Å². The summed E-state index contributed by atoms with van der Waals surface area (Å²) in [5.74, 6) is 1.30. The molecule has 0 aromatic carbocycles. The van der Waals surface area contributed by atoms with Crippen LogP contribution in [-0.2, 0) is 23.5 Å². The van der Waals surface area contributed by atoms with Gasteiger partial charge >= 0.3 is 5.97 Å². The van der Waals surface area contributed by atoms with Crippen LogP contribution in [0.3, 0.4) is 0 Å². The molecule has 1 unspecified atom stereocenters. The summed E-state index contributed by atoms with van der Waals surface area (Å²) in [5, 5.41) is -0.0761. The number of rotatable bonds is 9. The fourth-order valence-corrected chi connectivity index (χ4v) is 8.30. The number of esters is 1. The van der Waals surface area contributed by atoms with Crippen LogP contribution in [0.25, 0.3) is 0 Å². The lowest BCUT2D eigenvalue weighted by molar-refractivity contribution is -0.174. The summed E-state index contributed by atoms with van der Waals surface area (Å²) in [4.78, 5) is 25.4. The van der Waals surface area contributed by atoms with Crippen LogP contribution < -0.4 is 0 Å². The quantitative estimate of drug-likeness (QED) is 0.159. The highest BCUT2D eigenvalue weighted by molar-refractivity contribution is 6.74. The van der Waals surface area contributed by atoms with Crippen molar-refractivity contribution in [2.75, 3.05) is 6.61 Å². The molecule has 1 saturated heterocycles. The van der Waals surface area contributed by atoms with Crippen LogP contribution in [0, 0.1) is 35.0 Å². The molecule has 2 saturated carbocycles. The second-order valence-electron chi connectivity index (χ2n) is 14.8. The van der Waals surface area contributed by atoms with Crippen molar-refractivity contribution in [1.82, 2.24) is 0 Å². The maximum atomic E-state index is 13.2. The molecule has 2 aliphatic carbocycles. The molecule has 0 aromatic rings. The highest BCUT2D eigenvalue weighted by atomic mass is 35.5. The number of carbonyl (C=O) groups excluding carboxylic acids is 2. The molecular weight excluding hydrogens is 516 g/mol. The first kappa shape index (κ1) is 32.1. The molecule has 38 heavy (non-hydrogen) atoms. The average Bonchev–Trinajstić information content (AvgIpc) is 2.82. The van der Waals surface area contributed by atoms with E-state index in [1.165, 1.54) is 0 Å². The summed E-state index contributed by atoms with van der Waals surface area (Å²) >= 11 is 6.02. The van der Waals surface area contributed by atoms with Crippen LogP contribution in [0.2, 0.25) is 18.1 Å². The van der Waals surface area contributed by atoms with Crippen LogP contribution in [-0.4, -0.2) is 44.4 Å². The number of halogens is 1. The monoisotopic (exact) mass is 570 g/mol. The maximum Gasteiger partial charge on any atom is 0.311 e. The Bertz CT molecular complexity index is 822. The third kappa shape index (κ3) is 7.64. The minimum atomic E-state index is -1.81. The molecule has 0 radical (unpaired) electrons. The predicted octanol–water partition coefficient (Wildman–Crippen LogP) is 8.14. The zero-order valence-corrected chi connectivity index (χ0v) is 27.4. The fraction of sp³-hybridized carbons (Fsp3) is 0.935. The minimum absolute atomic E-state index is 0.148. The largest absolute Gasteiger partial charge is 0.462 e. The summed E-state index contributed by atoms with van der Waals surface area (Å²) in [6, 6.07) is 0. The van der Waals surface area contributed by atoms with Gasteiger partial charge in [0.1, 0.15) is 6.10 Å². The maximum absolute atomic E-state index is 13.2. The van der Waals surface area contributed by atoms with Crippen LogP contribution in [0.4, 0.5) is 0 Å². The van der Waals surface area contributed by atoms with Crippen LogP contribution in [0.5, 0.6) is 0 Å². The molecule has 220 valence electrons. The molecule has 8 atom stereocenters. The van der Waals surface area contributed by atoms with Crippen molar-refractivity contribution < 1.29 is 23.5 Å². The summed E-state index contributed by atoms with van der Waals surface area (Å²) in [6.07, 6.45) is 8.60. The van der Waals surface area contributed by atoms with Crippen LogP contribution in [0.15, 0.2) is 0 Å². The van der Waals surface area contributed by atoms with E-state index in [0.717, 1.165) is 58.0 Å². The molecule has 7 heteroatoms. The van der Waals surface area contributed by atoms with Gasteiger partial charge in [0, 0.05) is 24.5 Å². The van der Waals surface area contributed by atoms with E-state index in [-0.39, 0.29) is 46.4 Å². The first-order valence-corrected chi connectivity index (χ1v) is 18.5. The van der Waals surface area contributed by atoms with Gasteiger partial charge in [-0.3, -0.25) is 9.59 Å². The van der Waals surface area contributed by atoms with E-state index in [9.17, 15) is 9.59 Å². The number of hydrogen-bond acceptors (Lipinski definition) is 5. The highest BCUT2D eigenvalue weighted by Gasteiger charge is 2.49. The lowest BCUT2D eigenvalue weighted by Crippen LogP contribution is -2.49. The van der Waals surface area contributed by atoms with E-state index >= 15 is 0 Å². The van der Waals surface area contributed by atoms with Gasteiger partial charge in [0.05, 0.1) is 11.5 Å². The SMILES string of the molecule is CCC(C)(C)C(=O)O[C@H]1C[C@@H](C(=O)Cl)C[C@@H]2CC[C@H](C)[C@H](CC[C@@H]3C[C@H](O[Si](C)(C)C(C)(C)C)CCO3)C21. The van der Waals surface area contributed by atoms with E-state index in [0.29, 0.717) is 24.2 Å². The Balaban J connectivity index is 1.71.